The van der Waals surface area contributed by atoms with E-state index >= 15 is 0 Å². The molecule has 1 aliphatic rings. The molecule has 17 heavy (non-hydrogen) atoms. The number of hydrogen-bond acceptors (Lipinski definition) is 4. The number of rotatable bonds is 2. The zero-order valence-electron chi connectivity index (χ0n) is 9.72. The van der Waals surface area contributed by atoms with Gasteiger partial charge in [0, 0.05) is 19.2 Å². The highest BCUT2D eigenvalue weighted by atomic mass is 15.2. The van der Waals surface area contributed by atoms with Crippen LogP contribution in [-0.2, 0) is 6.42 Å². The molecule has 0 aliphatic heterocycles. The largest absolute Gasteiger partial charge is 0.372 e. The molecule has 1 aliphatic carbocycles. The van der Waals surface area contributed by atoms with Gasteiger partial charge in [0.25, 0.3) is 0 Å². The lowest BCUT2D eigenvalue weighted by Gasteiger charge is -2.09. The number of anilines is 1. The van der Waals surface area contributed by atoms with Gasteiger partial charge in [-0.3, -0.25) is 4.98 Å². The Balaban J connectivity index is 1.95. The second kappa shape index (κ2) is 4.13. The van der Waals surface area contributed by atoms with Gasteiger partial charge < -0.3 is 5.32 Å². The number of aryl methyl sites for hydroxylation is 1. The van der Waals surface area contributed by atoms with Crippen molar-refractivity contribution < 1.29 is 0 Å². The lowest BCUT2D eigenvalue weighted by Crippen LogP contribution is -2.04. The summed E-state index contributed by atoms with van der Waals surface area (Å²) < 4.78 is 0. The molecule has 0 bridgehead atoms. The average Bonchev–Trinajstić information content (AvgIpc) is 2.83. The number of nitrogens with one attached hydrogen (secondary N) is 1. The first kappa shape index (κ1) is 10.2. The first-order valence-corrected chi connectivity index (χ1v) is 5.83. The molecule has 2 aromatic rings. The topological polar surface area (TPSA) is 50.7 Å². The first-order chi connectivity index (χ1) is 8.38. The van der Waals surface area contributed by atoms with Crippen LogP contribution in [0, 0.1) is 0 Å². The van der Waals surface area contributed by atoms with E-state index in [1.54, 1.807) is 0 Å². The Morgan fingerprint density at radius 1 is 1.24 bits per heavy atom. The van der Waals surface area contributed by atoms with Crippen LogP contribution in [0.3, 0.4) is 0 Å². The molecule has 4 heteroatoms. The highest BCUT2D eigenvalue weighted by Gasteiger charge is 2.26. The minimum absolute atomic E-state index is 0.310. The molecule has 0 fully saturated rings. The predicted molar refractivity (Wildman–Crippen MR) is 66.0 cm³/mol. The second-order valence-electron chi connectivity index (χ2n) is 4.23. The van der Waals surface area contributed by atoms with Crippen LogP contribution in [0.5, 0.6) is 0 Å². The van der Waals surface area contributed by atoms with Crippen molar-refractivity contribution in [2.45, 2.75) is 18.8 Å². The van der Waals surface area contributed by atoms with Crippen LogP contribution in [0.25, 0.3) is 0 Å². The molecule has 4 nitrogen and oxygen atoms in total. The van der Waals surface area contributed by atoms with E-state index in [-0.39, 0.29) is 0 Å². The molecule has 1 atom stereocenters. The molecule has 86 valence electrons. The van der Waals surface area contributed by atoms with E-state index in [1.807, 2.05) is 31.4 Å². The van der Waals surface area contributed by atoms with Gasteiger partial charge in [0.2, 0.25) is 0 Å². The van der Waals surface area contributed by atoms with Crippen molar-refractivity contribution >= 4 is 5.82 Å². The molecule has 0 radical (unpaired) electrons. The maximum Gasteiger partial charge on any atom is 0.148 e. The number of fused-ring (bicyclic) bond motifs is 1. The summed E-state index contributed by atoms with van der Waals surface area (Å²) in [5, 5.41) is 11.4. The van der Waals surface area contributed by atoms with Gasteiger partial charge in [0.05, 0.1) is 11.4 Å². The Labute approximate surface area is 100 Å². The predicted octanol–water partition coefficient (Wildman–Crippen LogP) is 1.99. The number of hydrogen-bond donors (Lipinski definition) is 1. The Bertz CT molecular complexity index is 521. The van der Waals surface area contributed by atoms with Gasteiger partial charge in [-0.2, -0.15) is 5.10 Å². The summed E-state index contributed by atoms with van der Waals surface area (Å²) in [4.78, 5) is 4.48. The van der Waals surface area contributed by atoms with Gasteiger partial charge in [0.1, 0.15) is 5.82 Å². The zero-order chi connectivity index (χ0) is 11.7. The van der Waals surface area contributed by atoms with Crippen LogP contribution in [0.15, 0.2) is 30.5 Å². The molecule has 0 amide bonds. The summed E-state index contributed by atoms with van der Waals surface area (Å²) in [6, 6.07) is 8.14. The van der Waals surface area contributed by atoms with E-state index in [0.29, 0.717) is 5.92 Å². The molecular weight excluding hydrogens is 212 g/mol. The fourth-order valence-corrected chi connectivity index (χ4v) is 2.36. The number of pyridine rings is 1. The van der Waals surface area contributed by atoms with Gasteiger partial charge in [-0.1, -0.05) is 6.07 Å². The molecule has 0 saturated heterocycles. The molecule has 0 aromatic carbocycles. The van der Waals surface area contributed by atoms with Crippen molar-refractivity contribution in [2.24, 2.45) is 0 Å². The van der Waals surface area contributed by atoms with Crippen LogP contribution in [-0.4, -0.2) is 22.2 Å². The Kier molecular flexibility index (Phi) is 2.48. The monoisotopic (exact) mass is 226 g/mol. The fourth-order valence-electron chi connectivity index (χ4n) is 2.36. The van der Waals surface area contributed by atoms with Crippen LogP contribution in [0.2, 0.25) is 0 Å². The van der Waals surface area contributed by atoms with E-state index in [4.69, 9.17) is 0 Å². The van der Waals surface area contributed by atoms with Crippen molar-refractivity contribution in [3.63, 3.8) is 0 Å². The quantitative estimate of drug-likeness (QED) is 0.850. The van der Waals surface area contributed by atoms with Gasteiger partial charge >= 0.3 is 0 Å². The summed E-state index contributed by atoms with van der Waals surface area (Å²) in [6.07, 6.45) is 4.02. The minimum atomic E-state index is 0.310. The molecule has 0 saturated carbocycles. The van der Waals surface area contributed by atoms with Crippen LogP contribution in [0.1, 0.15) is 29.3 Å². The normalized spacial score (nSPS) is 17.8. The highest BCUT2D eigenvalue weighted by Crippen LogP contribution is 2.35. The lowest BCUT2D eigenvalue weighted by molar-refractivity contribution is 0.727. The molecule has 2 aromatic heterocycles. The maximum atomic E-state index is 4.48. The van der Waals surface area contributed by atoms with Gasteiger partial charge in [0.15, 0.2) is 0 Å². The Morgan fingerprint density at radius 3 is 2.94 bits per heavy atom. The summed E-state index contributed by atoms with van der Waals surface area (Å²) in [5.74, 6) is 1.11. The fraction of sp³-hybridized carbons (Fsp3) is 0.308. The van der Waals surface area contributed by atoms with Crippen molar-refractivity contribution in [1.82, 2.24) is 15.2 Å². The molecular formula is C13H14N4. The summed E-state index contributed by atoms with van der Waals surface area (Å²) >= 11 is 0. The van der Waals surface area contributed by atoms with Crippen molar-refractivity contribution in [3.8, 4) is 0 Å². The summed E-state index contributed by atoms with van der Waals surface area (Å²) in [5.41, 5.74) is 3.53. The SMILES string of the molecule is CNc1ccc(C2CCc3cccnc32)nn1. The molecule has 0 spiro atoms. The third-order valence-corrected chi connectivity index (χ3v) is 3.26. The molecule has 3 rings (SSSR count). The van der Waals surface area contributed by atoms with Gasteiger partial charge in [-0.15, -0.1) is 5.10 Å². The minimum Gasteiger partial charge on any atom is -0.372 e. The lowest BCUT2D eigenvalue weighted by atomic mass is 10.0. The second-order valence-corrected chi connectivity index (χ2v) is 4.23. The first-order valence-electron chi connectivity index (χ1n) is 5.83. The number of nitrogens with zero attached hydrogens (tertiary/aromatic N) is 3. The molecule has 1 N–H and O–H groups in total. The maximum absolute atomic E-state index is 4.48. The van der Waals surface area contributed by atoms with Crippen LogP contribution < -0.4 is 5.32 Å². The van der Waals surface area contributed by atoms with Gasteiger partial charge in [-0.25, -0.2) is 0 Å². The third kappa shape index (κ3) is 1.75. The van der Waals surface area contributed by atoms with E-state index in [2.05, 4.69) is 26.6 Å². The van der Waals surface area contributed by atoms with Crippen molar-refractivity contribution in [3.05, 3.63) is 47.4 Å². The molecule has 2 heterocycles. The van der Waals surface area contributed by atoms with Crippen molar-refractivity contribution in [1.29, 1.82) is 0 Å². The Hall–Kier alpha value is -1.97. The van der Waals surface area contributed by atoms with Crippen molar-refractivity contribution in [2.75, 3.05) is 12.4 Å². The highest BCUT2D eigenvalue weighted by molar-refractivity contribution is 5.38. The van der Waals surface area contributed by atoms with Crippen LogP contribution in [0.4, 0.5) is 5.82 Å². The van der Waals surface area contributed by atoms with E-state index in [9.17, 15) is 0 Å². The Morgan fingerprint density at radius 2 is 2.18 bits per heavy atom. The zero-order valence-corrected chi connectivity index (χ0v) is 9.72. The summed E-state index contributed by atoms with van der Waals surface area (Å²) in [6.45, 7) is 0. The van der Waals surface area contributed by atoms with E-state index < -0.39 is 0 Å². The van der Waals surface area contributed by atoms with Gasteiger partial charge in [-0.05, 0) is 36.6 Å². The molecule has 1 unspecified atom stereocenters. The standard InChI is InChI=1S/C13H14N4/c1-14-12-7-6-11(16-17-12)10-5-4-9-3-2-8-15-13(9)10/h2-3,6-8,10H,4-5H2,1H3,(H,14,17). The van der Waals surface area contributed by atoms with E-state index in [1.165, 1.54) is 11.3 Å². The number of aromatic nitrogens is 3. The smallest absolute Gasteiger partial charge is 0.148 e. The van der Waals surface area contributed by atoms with Crippen LogP contribution >= 0.6 is 0 Å². The summed E-state index contributed by atoms with van der Waals surface area (Å²) in [7, 11) is 1.84. The third-order valence-electron chi connectivity index (χ3n) is 3.26. The van der Waals surface area contributed by atoms with E-state index in [0.717, 1.165) is 24.4 Å². The average molecular weight is 226 g/mol.